The van der Waals surface area contributed by atoms with Gasteiger partial charge in [-0.25, -0.2) is 4.98 Å². The Kier molecular flexibility index (Phi) is 4.79. The van der Waals surface area contributed by atoms with Gasteiger partial charge in [-0.3, -0.25) is 9.36 Å². The van der Waals surface area contributed by atoms with Gasteiger partial charge in [0.05, 0.1) is 12.8 Å². The second-order valence-corrected chi connectivity index (χ2v) is 5.93. The van der Waals surface area contributed by atoms with Gasteiger partial charge in [-0.15, -0.1) is 0 Å². The molecule has 3 rings (SSSR count). The standard InChI is InChI=1S/C19H16F3N3O/c20-19(21,22)12-14-4-1-5-15(9-14)18-24-7-8-25(18)16-6-2-3-13(10-16)11-17(23)26/h1-10H,11-12H2,(H2,23,26). The molecule has 0 aliphatic carbocycles. The molecule has 0 saturated heterocycles. The number of aromatic nitrogens is 2. The first-order valence-electron chi connectivity index (χ1n) is 7.89. The van der Waals surface area contributed by atoms with Crippen molar-refractivity contribution >= 4 is 5.91 Å². The lowest BCUT2D eigenvalue weighted by Crippen LogP contribution is -2.13. The lowest BCUT2D eigenvalue weighted by Gasteiger charge is -2.11. The van der Waals surface area contributed by atoms with Crippen molar-refractivity contribution in [2.75, 3.05) is 0 Å². The van der Waals surface area contributed by atoms with Crippen LogP contribution in [-0.4, -0.2) is 21.6 Å². The predicted octanol–water partition coefficient (Wildman–Crippen LogP) is 3.67. The molecule has 0 atom stereocenters. The number of primary amides is 1. The van der Waals surface area contributed by atoms with Crippen molar-refractivity contribution < 1.29 is 18.0 Å². The third-order valence-corrected chi connectivity index (χ3v) is 3.80. The Labute approximate surface area is 148 Å². The van der Waals surface area contributed by atoms with E-state index in [9.17, 15) is 18.0 Å². The summed E-state index contributed by atoms with van der Waals surface area (Å²) in [5, 5.41) is 0. The van der Waals surface area contributed by atoms with Crippen molar-refractivity contribution in [3.63, 3.8) is 0 Å². The zero-order chi connectivity index (χ0) is 18.7. The molecule has 1 heterocycles. The summed E-state index contributed by atoms with van der Waals surface area (Å²) in [6.45, 7) is 0. The van der Waals surface area contributed by atoms with Crippen molar-refractivity contribution in [1.29, 1.82) is 0 Å². The molecular weight excluding hydrogens is 343 g/mol. The Morgan fingerprint density at radius 1 is 1.08 bits per heavy atom. The molecular formula is C19H16F3N3O. The molecule has 1 amide bonds. The van der Waals surface area contributed by atoms with Crippen LogP contribution < -0.4 is 5.73 Å². The van der Waals surface area contributed by atoms with Crippen LogP contribution in [0, 0.1) is 0 Å². The van der Waals surface area contributed by atoms with Gasteiger partial charge < -0.3 is 5.73 Å². The molecule has 26 heavy (non-hydrogen) atoms. The number of carbonyl (C=O) groups excluding carboxylic acids is 1. The molecule has 7 heteroatoms. The number of alkyl halides is 3. The van der Waals surface area contributed by atoms with Crippen LogP contribution >= 0.6 is 0 Å². The highest BCUT2D eigenvalue weighted by Crippen LogP contribution is 2.26. The highest BCUT2D eigenvalue weighted by atomic mass is 19.4. The molecule has 2 N–H and O–H groups in total. The van der Waals surface area contributed by atoms with Crippen LogP contribution in [0.15, 0.2) is 60.9 Å². The lowest BCUT2D eigenvalue weighted by atomic mass is 10.1. The Balaban J connectivity index is 1.97. The summed E-state index contributed by atoms with van der Waals surface area (Å²) in [5.41, 5.74) is 7.48. The van der Waals surface area contributed by atoms with Crippen molar-refractivity contribution in [1.82, 2.24) is 9.55 Å². The zero-order valence-electron chi connectivity index (χ0n) is 13.7. The van der Waals surface area contributed by atoms with Gasteiger partial charge in [0.2, 0.25) is 5.91 Å². The Morgan fingerprint density at radius 2 is 1.81 bits per heavy atom. The van der Waals surface area contributed by atoms with Crippen molar-refractivity contribution in [3.05, 3.63) is 72.1 Å². The van der Waals surface area contributed by atoms with E-state index in [1.807, 2.05) is 6.07 Å². The molecule has 0 saturated carbocycles. The smallest absolute Gasteiger partial charge is 0.369 e. The molecule has 0 unspecified atom stereocenters. The molecule has 0 radical (unpaired) electrons. The van der Waals surface area contributed by atoms with Crippen LogP contribution in [0.3, 0.4) is 0 Å². The predicted molar refractivity (Wildman–Crippen MR) is 91.7 cm³/mol. The van der Waals surface area contributed by atoms with E-state index in [1.54, 1.807) is 47.3 Å². The van der Waals surface area contributed by atoms with Gasteiger partial charge in [0.25, 0.3) is 0 Å². The van der Waals surface area contributed by atoms with Crippen LogP contribution in [-0.2, 0) is 17.6 Å². The number of rotatable bonds is 5. The molecule has 134 valence electrons. The van der Waals surface area contributed by atoms with Gasteiger partial charge in [-0.2, -0.15) is 13.2 Å². The maximum atomic E-state index is 12.6. The summed E-state index contributed by atoms with van der Waals surface area (Å²) < 4.78 is 39.7. The average Bonchev–Trinajstić information content (AvgIpc) is 3.03. The van der Waals surface area contributed by atoms with E-state index in [0.717, 1.165) is 11.3 Å². The molecule has 1 aromatic heterocycles. The van der Waals surface area contributed by atoms with Gasteiger partial charge in [0.15, 0.2) is 0 Å². The fourth-order valence-corrected chi connectivity index (χ4v) is 2.79. The minimum atomic E-state index is -4.27. The first-order chi connectivity index (χ1) is 12.3. The number of hydrogen-bond acceptors (Lipinski definition) is 2. The van der Waals surface area contributed by atoms with E-state index < -0.39 is 18.5 Å². The van der Waals surface area contributed by atoms with E-state index in [2.05, 4.69) is 4.98 Å². The van der Waals surface area contributed by atoms with E-state index in [4.69, 9.17) is 5.73 Å². The van der Waals surface area contributed by atoms with Crippen LogP contribution in [0.1, 0.15) is 11.1 Å². The lowest BCUT2D eigenvalue weighted by molar-refractivity contribution is -0.127. The van der Waals surface area contributed by atoms with Crippen LogP contribution in [0.2, 0.25) is 0 Å². The third kappa shape index (κ3) is 4.30. The second-order valence-electron chi connectivity index (χ2n) is 5.93. The average molecular weight is 359 g/mol. The third-order valence-electron chi connectivity index (χ3n) is 3.80. The molecule has 3 aromatic rings. The number of imidazole rings is 1. The van der Waals surface area contributed by atoms with Crippen molar-refractivity contribution in [3.8, 4) is 17.1 Å². The summed E-state index contributed by atoms with van der Waals surface area (Å²) >= 11 is 0. The fourth-order valence-electron chi connectivity index (χ4n) is 2.79. The van der Waals surface area contributed by atoms with E-state index in [0.29, 0.717) is 11.4 Å². The number of halogens is 3. The van der Waals surface area contributed by atoms with E-state index in [1.165, 1.54) is 12.1 Å². The summed E-state index contributed by atoms with van der Waals surface area (Å²) in [6, 6.07) is 13.4. The second kappa shape index (κ2) is 7.03. The zero-order valence-corrected chi connectivity index (χ0v) is 13.7. The van der Waals surface area contributed by atoms with Gasteiger partial charge in [-0.1, -0.05) is 30.3 Å². The van der Waals surface area contributed by atoms with Crippen LogP contribution in [0.25, 0.3) is 17.1 Å². The highest BCUT2D eigenvalue weighted by molar-refractivity contribution is 5.76. The molecule has 0 spiro atoms. The molecule has 0 aliphatic heterocycles. The summed E-state index contributed by atoms with van der Waals surface area (Å²) in [6.07, 6.45) is -1.85. The number of benzene rings is 2. The number of carbonyl (C=O) groups is 1. The first kappa shape index (κ1) is 17.7. The van der Waals surface area contributed by atoms with Gasteiger partial charge >= 0.3 is 6.18 Å². The fraction of sp³-hybridized carbons (Fsp3) is 0.158. The minimum Gasteiger partial charge on any atom is -0.369 e. The summed E-state index contributed by atoms with van der Waals surface area (Å²) in [4.78, 5) is 15.4. The summed E-state index contributed by atoms with van der Waals surface area (Å²) in [7, 11) is 0. The minimum absolute atomic E-state index is 0.110. The first-order valence-corrected chi connectivity index (χ1v) is 7.89. The molecule has 0 fully saturated rings. The topological polar surface area (TPSA) is 60.9 Å². The quantitative estimate of drug-likeness (QED) is 0.756. The highest BCUT2D eigenvalue weighted by Gasteiger charge is 2.27. The van der Waals surface area contributed by atoms with Gasteiger partial charge in [0, 0.05) is 23.6 Å². The number of nitrogens with zero attached hydrogens (tertiary/aromatic N) is 2. The summed E-state index contributed by atoms with van der Waals surface area (Å²) in [5.74, 6) is 0.0816. The molecule has 0 aliphatic rings. The monoisotopic (exact) mass is 359 g/mol. The SMILES string of the molecule is NC(=O)Cc1cccc(-n2ccnc2-c2cccc(CC(F)(F)F)c2)c1. The maximum absolute atomic E-state index is 12.6. The van der Waals surface area contributed by atoms with Crippen LogP contribution in [0.4, 0.5) is 13.2 Å². The van der Waals surface area contributed by atoms with E-state index >= 15 is 0 Å². The normalized spacial score (nSPS) is 11.5. The molecule has 2 aromatic carbocycles. The Bertz CT molecular complexity index is 932. The number of nitrogens with two attached hydrogens (primary N) is 1. The molecule has 4 nitrogen and oxygen atoms in total. The maximum Gasteiger partial charge on any atom is 0.393 e. The van der Waals surface area contributed by atoms with Crippen LogP contribution in [0.5, 0.6) is 0 Å². The van der Waals surface area contributed by atoms with Gasteiger partial charge in [0.1, 0.15) is 5.82 Å². The Morgan fingerprint density at radius 3 is 2.54 bits per heavy atom. The van der Waals surface area contributed by atoms with E-state index in [-0.39, 0.29) is 12.0 Å². The van der Waals surface area contributed by atoms with Crippen molar-refractivity contribution in [2.24, 2.45) is 5.73 Å². The Hall–Kier alpha value is -3.09. The van der Waals surface area contributed by atoms with Crippen molar-refractivity contribution in [2.45, 2.75) is 19.0 Å². The largest absolute Gasteiger partial charge is 0.393 e. The molecule has 0 bridgehead atoms. The number of hydrogen-bond donors (Lipinski definition) is 1. The number of amides is 1. The van der Waals surface area contributed by atoms with Gasteiger partial charge in [-0.05, 0) is 29.3 Å².